The second-order valence-corrected chi connectivity index (χ2v) is 28.5. The van der Waals surface area contributed by atoms with Crippen LogP contribution in [0.4, 0.5) is 0 Å². The van der Waals surface area contributed by atoms with Gasteiger partial charge in [-0.25, -0.2) is 9.13 Å². The normalized spacial score (nSPS) is 14.5. The summed E-state index contributed by atoms with van der Waals surface area (Å²) < 4.78 is 68.4. The molecular formula is C79H138O17P2. The average molecular weight is 1420 g/mol. The van der Waals surface area contributed by atoms with Gasteiger partial charge in [-0.3, -0.25) is 37.3 Å². The van der Waals surface area contributed by atoms with Crippen molar-refractivity contribution in [1.82, 2.24) is 0 Å². The SMILES string of the molecule is CC/C=C\C/C=C\C/C=C\C/C=C\CCCCC(=O)OCC(COP(=O)(O)OCC(O)COP(=O)(O)OCC(COC(=O)CCCCCCC/C=C\C/C=C\CCCCC)OC(=O)CCCCCCC/C=C\CCCCCC)OC(=O)CCCCCCC/C=C\CCCCCCCC. The Bertz CT molecular complexity index is 2240. The van der Waals surface area contributed by atoms with Crippen LogP contribution in [0.5, 0.6) is 0 Å². The zero-order chi connectivity index (χ0) is 71.8. The highest BCUT2D eigenvalue weighted by Crippen LogP contribution is 2.45. The smallest absolute Gasteiger partial charge is 0.462 e. The summed E-state index contributed by atoms with van der Waals surface area (Å²) in [6.07, 6.45) is 74.0. The van der Waals surface area contributed by atoms with Crippen LogP contribution in [0.3, 0.4) is 0 Å². The largest absolute Gasteiger partial charge is 0.472 e. The van der Waals surface area contributed by atoms with Crippen molar-refractivity contribution in [2.45, 2.75) is 341 Å². The third-order valence-electron chi connectivity index (χ3n) is 16.0. The van der Waals surface area contributed by atoms with Gasteiger partial charge in [0, 0.05) is 25.7 Å². The van der Waals surface area contributed by atoms with E-state index in [1.165, 1.54) is 83.5 Å². The van der Waals surface area contributed by atoms with E-state index in [0.29, 0.717) is 25.7 Å². The van der Waals surface area contributed by atoms with Crippen LogP contribution >= 0.6 is 15.6 Å². The predicted octanol–water partition coefficient (Wildman–Crippen LogP) is 22.0. The Labute approximate surface area is 595 Å². The lowest BCUT2D eigenvalue weighted by molar-refractivity contribution is -0.161. The van der Waals surface area contributed by atoms with E-state index in [-0.39, 0.29) is 25.7 Å². The van der Waals surface area contributed by atoms with E-state index in [1.54, 1.807) is 0 Å². The van der Waals surface area contributed by atoms with Gasteiger partial charge in [-0.1, -0.05) is 247 Å². The maximum absolute atomic E-state index is 13.1. The molecule has 0 aliphatic heterocycles. The van der Waals surface area contributed by atoms with E-state index in [4.69, 9.17) is 37.0 Å². The third-order valence-corrected chi connectivity index (χ3v) is 17.9. The first-order valence-corrected chi connectivity index (χ1v) is 41.5. The Kier molecular flexibility index (Phi) is 68.4. The summed E-state index contributed by atoms with van der Waals surface area (Å²) in [5.41, 5.74) is 0. The molecule has 0 aromatic rings. The van der Waals surface area contributed by atoms with E-state index in [2.05, 4.69) is 125 Å². The molecule has 17 nitrogen and oxygen atoms in total. The zero-order valence-electron chi connectivity index (χ0n) is 61.7. The summed E-state index contributed by atoms with van der Waals surface area (Å²) in [7, 11) is -9.96. The van der Waals surface area contributed by atoms with Gasteiger partial charge >= 0.3 is 39.5 Å². The van der Waals surface area contributed by atoms with E-state index in [1.807, 2.05) is 0 Å². The Morgan fingerprint density at radius 2 is 0.531 bits per heavy atom. The summed E-state index contributed by atoms with van der Waals surface area (Å²) in [6, 6.07) is 0. The Hall–Kier alpha value is -4.02. The molecule has 0 heterocycles. The number of carbonyl (C=O) groups is 4. The van der Waals surface area contributed by atoms with Gasteiger partial charge < -0.3 is 33.8 Å². The molecule has 3 N–H and O–H groups in total. The van der Waals surface area contributed by atoms with Crippen LogP contribution < -0.4 is 0 Å². The quantitative estimate of drug-likeness (QED) is 0.0169. The van der Waals surface area contributed by atoms with Crippen molar-refractivity contribution < 1.29 is 80.2 Å². The number of esters is 4. The number of aliphatic hydroxyl groups excluding tert-OH is 1. The van der Waals surface area contributed by atoms with Crippen molar-refractivity contribution >= 4 is 39.5 Å². The lowest BCUT2D eigenvalue weighted by Crippen LogP contribution is -2.30. The van der Waals surface area contributed by atoms with Gasteiger partial charge in [0.25, 0.3) is 0 Å². The van der Waals surface area contributed by atoms with Crippen LogP contribution in [0.2, 0.25) is 0 Å². The fourth-order valence-electron chi connectivity index (χ4n) is 10.1. The molecule has 0 fully saturated rings. The molecule has 0 rings (SSSR count). The zero-order valence-corrected chi connectivity index (χ0v) is 63.5. The van der Waals surface area contributed by atoms with Gasteiger partial charge in [0.2, 0.25) is 0 Å². The van der Waals surface area contributed by atoms with Gasteiger partial charge in [0.05, 0.1) is 26.4 Å². The maximum atomic E-state index is 13.1. The highest BCUT2D eigenvalue weighted by molar-refractivity contribution is 7.47. The molecule has 566 valence electrons. The topological polar surface area (TPSA) is 237 Å². The maximum Gasteiger partial charge on any atom is 0.472 e. The number of allylic oxidation sites excluding steroid dienone is 16. The van der Waals surface area contributed by atoms with Gasteiger partial charge in [-0.2, -0.15) is 0 Å². The third kappa shape index (κ3) is 70.4. The number of unbranched alkanes of at least 4 members (excludes halogenated alkanes) is 30. The molecule has 5 unspecified atom stereocenters. The van der Waals surface area contributed by atoms with E-state index < -0.39 is 97.5 Å². The fourth-order valence-corrected chi connectivity index (χ4v) is 11.7. The van der Waals surface area contributed by atoms with Gasteiger partial charge in [-0.15, -0.1) is 0 Å². The first kappa shape index (κ1) is 94.0. The van der Waals surface area contributed by atoms with Crippen LogP contribution in [0, 0.1) is 0 Å². The molecule has 0 radical (unpaired) electrons. The number of phosphoric ester groups is 2. The predicted molar refractivity (Wildman–Crippen MR) is 399 cm³/mol. The van der Waals surface area contributed by atoms with Gasteiger partial charge in [0.1, 0.15) is 19.3 Å². The Morgan fingerprint density at radius 1 is 0.296 bits per heavy atom. The first-order chi connectivity index (χ1) is 47.7. The minimum atomic E-state index is -4.98. The molecule has 0 amide bonds. The molecule has 5 atom stereocenters. The summed E-state index contributed by atoms with van der Waals surface area (Å²) in [5, 5.41) is 10.6. The Morgan fingerprint density at radius 3 is 0.878 bits per heavy atom. The number of hydrogen-bond donors (Lipinski definition) is 3. The molecule has 0 aliphatic carbocycles. The molecule has 19 heteroatoms. The molecule has 0 aromatic heterocycles. The second kappa shape index (κ2) is 71.4. The van der Waals surface area contributed by atoms with Crippen LogP contribution in [-0.4, -0.2) is 96.7 Å². The van der Waals surface area contributed by atoms with Crippen LogP contribution in [0.15, 0.2) is 97.2 Å². The average Bonchev–Trinajstić information content (AvgIpc) is 1.04. The summed E-state index contributed by atoms with van der Waals surface area (Å²) in [5.74, 6) is -2.25. The van der Waals surface area contributed by atoms with Crippen molar-refractivity contribution in [3.05, 3.63) is 97.2 Å². The number of rotatable bonds is 72. The molecular weight excluding hydrogens is 1280 g/mol. The highest BCUT2D eigenvalue weighted by atomic mass is 31.2. The number of aliphatic hydroxyl groups is 1. The number of hydrogen-bond acceptors (Lipinski definition) is 15. The van der Waals surface area contributed by atoms with Crippen molar-refractivity contribution in [2.75, 3.05) is 39.6 Å². The molecule has 98 heavy (non-hydrogen) atoms. The molecule has 0 saturated heterocycles. The van der Waals surface area contributed by atoms with Crippen molar-refractivity contribution in [1.29, 1.82) is 0 Å². The number of carbonyl (C=O) groups excluding carboxylic acids is 4. The highest BCUT2D eigenvalue weighted by Gasteiger charge is 2.30. The van der Waals surface area contributed by atoms with E-state index >= 15 is 0 Å². The molecule has 0 saturated carbocycles. The van der Waals surface area contributed by atoms with Crippen molar-refractivity contribution in [3.8, 4) is 0 Å². The minimum absolute atomic E-state index is 0.0758. The van der Waals surface area contributed by atoms with E-state index in [9.17, 15) is 43.2 Å². The molecule has 0 spiro atoms. The van der Waals surface area contributed by atoms with Gasteiger partial charge in [-0.05, 0) is 148 Å². The Balaban J connectivity index is 5.39. The first-order valence-electron chi connectivity index (χ1n) is 38.5. The lowest BCUT2D eigenvalue weighted by Gasteiger charge is -2.21. The molecule has 0 bridgehead atoms. The lowest BCUT2D eigenvalue weighted by atomic mass is 10.1. The standard InChI is InChI=1S/C79H138O17P2/c1-5-9-13-17-21-25-29-33-36-40-43-47-51-55-59-63-76(81)89-69-74(95-78(83)65-61-57-53-49-45-39-32-28-24-20-16-12-8-4)71-93-97(85,86)91-67-73(80)68-92-98(87,88)94-72-75(96-79(84)66-62-58-54-50-46-42-38-35-31-27-23-19-15-11-7-3)70-90-77(82)64-60-56-52-48-44-41-37-34-30-26-22-18-14-10-6-2/h10,14,21-22,25-26,28,32-38,44,48,73-75,80H,5-9,11-13,15-20,23-24,27,29-31,39-43,45-47,49-72H2,1-4H3,(H,85,86)(H,87,88)/b14-10-,25-21-,26-22-,32-28-,36-33-,37-34-,38-35-,48-44-. The van der Waals surface area contributed by atoms with Crippen molar-refractivity contribution in [3.63, 3.8) is 0 Å². The number of phosphoric acid groups is 2. The fraction of sp³-hybridized carbons (Fsp3) is 0.747. The monoisotopic (exact) mass is 1420 g/mol. The van der Waals surface area contributed by atoms with E-state index in [0.717, 1.165) is 161 Å². The van der Waals surface area contributed by atoms with Crippen LogP contribution in [0.1, 0.15) is 323 Å². The van der Waals surface area contributed by atoms with Crippen molar-refractivity contribution in [2.24, 2.45) is 0 Å². The molecule has 0 aromatic carbocycles. The minimum Gasteiger partial charge on any atom is -0.462 e. The van der Waals surface area contributed by atoms with Gasteiger partial charge in [0.15, 0.2) is 12.2 Å². The molecule has 0 aliphatic rings. The summed E-state index contributed by atoms with van der Waals surface area (Å²) in [6.45, 7) is 4.65. The van der Waals surface area contributed by atoms with Crippen LogP contribution in [0.25, 0.3) is 0 Å². The summed E-state index contributed by atoms with van der Waals surface area (Å²) in [4.78, 5) is 72.8. The van der Waals surface area contributed by atoms with Crippen LogP contribution in [-0.2, 0) is 65.4 Å². The number of ether oxygens (including phenoxy) is 4. The second-order valence-electron chi connectivity index (χ2n) is 25.6. The summed E-state index contributed by atoms with van der Waals surface area (Å²) >= 11 is 0.